The average Bonchev–Trinajstić information content (AvgIpc) is 2.94. The van der Waals surface area contributed by atoms with Gasteiger partial charge in [0.05, 0.1) is 28.5 Å². The van der Waals surface area contributed by atoms with Gasteiger partial charge < -0.3 is 4.57 Å². The highest BCUT2D eigenvalue weighted by Crippen LogP contribution is 2.22. The van der Waals surface area contributed by atoms with E-state index in [4.69, 9.17) is 11.6 Å². The summed E-state index contributed by atoms with van der Waals surface area (Å²) in [5, 5.41) is 1.01. The lowest BCUT2D eigenvalue weighted by Gasteiger charge is -2.05. The maximum atomic E-state index is 13.4. The number of benzene rings is 1. The van der Waals surface area contributed by atoms with Crippen LogP contribution in [0, 0.1) is 12.7 Å². The van der Waals surface area contributed by atoms with E-state index in [9.17, 15) is 4.39 Å². The largest absolute Gasteiger partial charge is 0.322 e. The molecule has 0 spiro atoms. The third-order valence-electron chi connectivity index (χ3n) is 2.89. The van der Waals surface area contributed by atoms with E-state index < -0.39 is 0 Å². The van der Waals surface area contributed by atoms with E-state index in [-0.39, 0.29) is 5.82 Å². The summed E-state index contributed by atoms with van der Waals surface area (Å²) in [5.41, 5.74) is 1.53. The van der Waals surface area contributed by atoms with Crippen LogP contribution in [0.3, 0.4) is 0 Å². The van der Waals surface area contributed by atoms with Gasteiger partial charge in [-0.3, -0.25) is 0 Å². The lowest BCUT2D eigenvalue weighted by atomic mass is 10.3. The molecule has 1 aromatic carbocycles. The van der Waals surface area contributed by atoms with Crippen LogP contribution in [0.15, 0.2) is 24.4 Å². The molecule has 0 aliphatic rings. The Kier molecular flexibility index (Phi) is 3.24. The van der Waals surface area contributed by atoms with Crippen LogP contribution in [-0.4, -0.2) is 14.5 Å². The number of halogens is 2. The minimum absolute atomic E-state index is 0.268. The minimum Gasteiger partial charge on any atom is -0.322 e. The lowest BCUT2D eigenvalue weighted by Crippen LogP contribution is -2.02. The molecule has 0 saturated heterocycles. The predicted octanol–water partition coefficient (Wildman–Crippen LogP) is 3.73. The number of aromatic nitrogens is 3. The molecular weight excluding hydrogens is 285 g/mol. The number of nitrogens with zero attached hydrogens (tertiary/aromatic N) is 3. The van der Waals surface area contributed by atoms with Crippen molar-refractivity contribution in [1.29, 1.82) is 0 Å². The number of hydrogen-bond donors (Lipinski definition) is 0. The molecule has 0 amide bonds. The number of fused-ring (bicyclic) bond motifs is 1. The molecule has 0 aliphatic carbocycles. The monoisotopic (exact) mass is 295 g/mol. The number of hydrogen-bond acceptors (Lipinski definition) is 3. The van der Waals surface area contributed by atoms with Gasteiger partial charge in [-0.15, -0.1) is 22.9 Å². The van der Waals surface area contributed by atoms with Crippen LogP contribution in [-0.2, 0) is 12.4 Å². The Labute approximate surface area is 118 Å². The number of rotatable bonds is 3. The van der Waals surface area contributed by atoms with Crippen molar-refractivity contribution in [2.45, 2.75) is 19.3 Å². The molecule has 3 aromatic rings. The molecule has 3 rings (SSSR count). The highest BCUT2D eigenvalue weighted by atomic mass is 35.5. The summed E-state index contributed by atoms with van der Waals surface area (Å²) >= 11 is 7.55. The predicted molar refractivity (Wildman–Crippen MR) is 75.2 cm³/mol. The molecule has 0 N–H and O–H groups in total. The smallest absolute Gasteiger partial charge is 0.125 e. The van der Waals surface area contributed by atoms with Crippen LogP contribution in [0.5, 0.6) is 0 Å². The summed E-state index contributed by atoms with van der Waals surface area (Å²) in [7, 11) is 0. The number of thiazole rings is 1. The van der Waals surface area contributed by atoms with E-state index >= 15 is 0 Å². The Morgan fingerprint density at radius 3 is 2.95 bits per heavy atom. The second-order valence-corrected chi connectivity index (χ2v) is 5.81. The first-order valence-electron chi connectivity index (χ1n) is 5.79. The van der Waals surface area contributed by atoms with Gasteiger partial charge in [0.2, 0.25) is 0 Å². The van der Waals surface area contributed by atoms with Gasteiger partial charge in [0.1, 0.15) is 11.6 Å². The summed E-state index contributed by atoms with van der Waals surface area (Å²) in [6.45, 7) is 2.58. The molecule has 0 saturated carbocycles. The van der Waals surface area contributed by atoms with Crippen molar-refractivity contribution >= 4 is 34.0 Å². The molecule has 6 heteroatoms. The summed E-state index contributed by atoms with van der Waals surface area (Å²) in [5.74, 6) is 0.775. The van der Waals surface area contributed by atoms with Crippen LogP contribution in [0.4, 0.5) is 4.39 Å². The third-order valence-corrected chi connectivity index (χ3v) is 4.03. The van der Waals surface area contributed by atoms with Crippen LogP contribution >= 0.6 is 22.9 Å². The molecule has 19 heavy (non-hydrogen) atoms. The number of imidazole rings is 1. The first-order chi connectivity index (χ1) is 9.17. The molecule has 0 fully saturated rings. The van der Waals surface area contributed by atoms with Crippen molar-refractivity contribution in [2.24, 2.45) is 0 Å². The second-order valence-electron chi connectivity index (χ2n) is 4.23. The van der Waals surface area contributed by atoms with E-state index in [0.29, 0.717) is 12.4 Å². The fraction of sp³-hybridized carbons (Fsp3) is 0.231. The number of alkyl halides is 1. The van der Waals surface area contributed by atoms with Crippen molar-refractivity contribution in [1.82, 2.24) is 14.5 Å². The standard InChI is InChI=1S/C13H11ClFN3S/c1-8-16-6-10(19-8)7-18-12-4-9(15)2-3-11(12)17-13(18)5-14/h2-4,6H,5,7H2,1H3. The molecule has 0 unspecified atom stereocenters. The van der Waals surface area contributed by atoms with E-state index in [1.54, 1.807) is 17.4 Å². The van der Waals surface area contributed by atoms with Crippen LogP contribution in [0.1, 0.15) is 15.7 Å². The SMILES string of the molecule is Cc1ncc(Cn2c(CCl)nc3ccc(F)cc32)s1. The quantitative estimate of drug-likeness (QED) is 0.689. The van der Waals surface area contributed by atoms with Gasteiger partial charge in [-0.2, -0.15) is 0 Å². The number of aryl methyl sites for hydroxylation is 1. The Morgan fingerprint density at radius 2 is 2.26 bits per heavy atom. The van der Waals surface area contributed by atoms with E-state index in [0.717, 1.165) is 26.7 Å². The van der Waals surface area contributed by atoms with E-state index in [1.165, 1.54) is 12.1 Å². The summed E-state index contributed by atoms with van der Waals surface area (Å²) in [6.07, 6.45) is 1.84. The van der Waals surface area contributed by atoms with Gasteiger partial charge >= 0.3 is 0 Å². The Bertz CT molecular complexity index is 735. The maximum Gasteiger partial charge on any atom is 0.125 e. The minimum atomic E-state index is -0.268. The lowest BCUT2D eigenvalue weighted by molar-refractivity contribution is 0.628. The summed E-state index contributed by atoms with van der Waals surface area (Å²) in [6, 6.07) is 4.58. The highest BCUT2D eigenvalue weighted by molar-refractivity contribution is 7.11. The van der Waals surface area contributed by atoms with Crippen LogP contribution < -0.4 is 0 Å². The molecule has 0 atom stereocenters. The fourth-order valence-electron chi connectivity index (χ4n) is 2.06. The van der Waals surface area contributed by atoms with Gasteiger partial charge in [-0.25, -0.2) is 14.4 Å². The molecule has 0 radical (unpaired) electrons. The summed E-state index contributed by atoms with van der Waals surface area (Å²) in [4.78, 5) is 9.76. The Morgan fingerprint density at radius 1 is 1.42 bits per heavy atom. The zero-order valence-corrected chi connectivity index (χ0v) is 11.8. The fourth-order valence-corrected chi connectivity index (χ4v) is 3.05. The first-order valence-corrected chi connectivity index (χ1v) is 7.14. The van der Waals surface area contributed by atoms with E-state index in [2.05, 4.69) is 9.97 Å². The molecule has 98 valence electrons. The third kappa shape index (κ3) is 2.35. The molecular formula is C13H11ClFN3S. The highest BCUT2D eigenvalue weighted by Gasteiger charge is 2.12. The van der Waals surface area contributed by atoms with Gasteiger partial charge in [0.15, 0.2) is 0 Å². The normalized spacial score (nSPS) is 11.3. The van der Waals surface area contributed by atoms with Crippen molar-refractivity contribution in [3.63, 3.8) is 0 Å². The first kappa shape index (κ1) is 12.6. The second kappa shape index (κ2) is 4.90. The average molecular weight is 296 g/mol. The van der Waals surface area contributed by atoms with E-state index in [1.807, 2.05) is 17.7 Å². The van der Waals surface area contributed by atoms with Crippen LogP contribution in [0.2, 0.25) is 0 Å². The molecule has 2 heterocycles. The molecule has 2 aromatic heterocycles. The Hall–Kier alpha value is -1.46. The summed E-state index contributed by atoms with van der Waals surface area (Å²) < 4.78 is 15.3. The van der Waals surface area contributed by atoms with Gasteiger partial charge in [-0.1, -0.05) is 0 Å². The van der Waals surface area contributed by atoms with Gasteiger partial charge in [-0.05, 0) is 25.1 Å². The van der Waals surface area contributed by atoms with Crippen LogP contribution in [0.25, 0.3) is 11.0 Å². The van der Waals surface area contributed by atoms with Gasteiger partial charge in [0.25, 0.3) is 0 Å². The maximum absolute atomic E-state index is 13.4. The Balaban J connectivity index is 2.12. The zero-order chi connectivity index (χ0) is 13.4. The molecule has 0 aliphatic heterocycles. The molecule has 3 nitrogen and oxygen atoms in total. The topological polar surface area (TPSA) is 30.7 Å². The van der Waals surface area contributed by atoms with Crippen molar-refractivity contribution in [2.75, 3.05) is 0 Å². The van der Waals surface area contributed by atoms with Crippen molar-refractivity contribution < 1.29 is 4.39 Å². The zero-order valence-electron chi connectivity index (χ0n) is 10.2. The van der Waals surface area contributed by atoms with Crippen molar-refractivity contribution in [3.8, 4) is 0 Å². The van der Waals surface area contributed by atoms with Gasteiger partial charge in [0, 0.05) is 11.1 Å². The molecule has 0 bridgehead atoms. The van der Waals surface area contributed by atoms with Crippen molar-refractivity contribution in [3.05, 3.63) is 45.9 Å².